The van der Waals surface area contributed by atoms with Gasteiger partial charge in [0.25, 0.3) is 5.91 Å². The van der Waals surface area contributed by atoms with E-state index in [-0.39, 0.29) is 29.4 Å². The van der Waals surface area contributed by atoms with Crippen molar-refractivity contribution in [3.05, 3.63) is 68.9 Å². The van der Waals surface area contributed by atoms with E-state index in [1.54, 1.807) is 11.0 Å². The van der Waals surface area contributed by atoms with Crippen LogP contribution in [0.1, 0.15) is 47.3 Å². The van der Waals surface area contributed by atoms with Crippen LogP contribution < -0.4 is 10.1 Å². The highest BCUT2D eigenvalue weighted by atomic mass is 35.5. The van der Waals surface area contributed by atoms with Crippen molar-refractivity contribution in [3.63, 3.8) is 0 Å². The number of nitrogens with zero attached hydrogens (tertiary/aromatic N) is 3. The molecule has 2 amide bonds. The molecule has 0 unspecified atom stereocenters. The van der Waals surface area contributed by atoms with E-state index in [1.807, 2.05) is 32.9 Å². The molecule has 0 saturated heterocycles. The van der Waals surface area contributed by atoms with Crippen molar-refractivity contribution in [3.8, 4) is 5.75 Å². The van der Waals surface area contributed by atoms with Crippen LogP contribution >= 0.6 is 22.9 Å². The van der Waals surface area contributed by atoms with E-state index in [4.69, 9.17) is 21.1 Å². The van der Waals surface area contributed by atoms with Crippen molar-refractivity contribution in [2.24, 2.45) is 0 Å². The number of amides is 2. The molecule has 0 bridgehead atoms. The molecule has 11 heteroatoms. The second kappa shape index (κ2) is 10.2. The number of nitrogens with one attached hydrogen (secondary N) is 1. The predicted molar refractivity (Wildman–Crippen MR) is 130 cm³/mol. The van der Waals surface area contributed by atoms with Crippen LogP contribution in [0.4, 0.5) is 14.3 Å². The molecule has 0 aliphatic carbocycles. The molecule has 2 aromatic carbocycles. The summed E-state index contributed by atoms with van der Waals surface area (Å²) in [5, 5.41) is 11.6. The number of ether oxygens (including phenoxy) is 2. The Kier molecular flexibility index (Phi) is 7.23. The van der Waals surface area contributed by atoms with Crippen LogP contribution in [-0.2, 0) is 24.3 Å². The fourth-order valence-electron chi connectivity index (χ4n) is 3.46. The Balaban J connectivity index is 1.36. The van der Waals surface area contributed by atoms with Gasteiger partial charge in [0, 0.05) is 18.7 Å². The fourth-order valence-corrected chi connectivity index (χ4v) is 4.33. The molecule has 1 aliphatic rings. The zero-order valence-corrected chi connectivity index (χ0v) is 21.0. The summed E-state index contributed by atoms with van der Waals surface area (Å²) in [6, 6.07) is 9.64. The van der Waals surface area contributed by atoms with Crippen LogP contribution in [0.5, 0.6) is 5.75 Å². The molecule has 0 fully saturated rings. The second-order valence-corrected chi connectivity index (χ2v) is 10.4. The molecule has 35 heavy (non-hydrogen) atoms. The average molecular weight is 519 g/mol. The minimum atomic E-state index is -0.572. The number of carbonyl (C=O) groups excluding carboxylic acids is 2. The minimum absolute atomic E-state index is 0.0405. The van der Waals surface area contributed by atoms with Crippen LogP contribution in [-0.4, -0.2) is 39.2 Å². The molecular formula is C24H24ClFN4O4S. The van der Waals surface area contributed by atoms with Crippen molar-refractivity contribution < 1.29 is 23.5 Å². The van der Waals surface area contributed by atoms with Crippen LogP contribution in [0, 0.1) is 5.82 Å². The van der Waals surface area contributed by atoms with Gasteiger partial charge in [0.05, 0.1) is 5.02 Å². The second-order valence-electron chi connectivity index (χ2n) is 8.93. The summed E-state index contributed by atoms with van der Waals surface area (Å²) < 4.78 is 24.7. The first-order valence-electron chi connectivity index (χ1n) is 10.9. The van der Waals surface area contributed by atoms with E-state index in [1.165, 1.54) is 18.2 Å². The first kappa shape index (κ1) is 24.9. The Morgan fingerprint density at radius 1 is 1.20 bits per heavy atom. The third kappa shape index (κ3) is 6.26. The smallest absolute Gasteiger partial charge is 0.410 e. The first-order chi connectivity index (χ1) is 16.6. The maximum Gasteiger partial charge on any atom is 0.410 e. The number of anilines is 1. The first-order valence-corrected chi connectivity index (χ1v) is 12.1. The maximum absolute atomic E-state index is 13.8. The Labute approximate surface area is 211 Å². The van der Waals surface area contributed by atoms with Gasteiger partial charge in [-0.15, -0.1) is 10.2 Å². The van der Waals surface area contributed by atoms with E-state index in [0.29, 0.717) is 35.2 Å². The highest BCUT2D eigenvalue weighted by Crippen LogP contribution is 2.29. The number of para-hydroxylation sites is 1. The summed E-state index contributed by atoms with van der Waals surface area (Å²) in [5.74, 6) is -0.963. The summed E-state index contributed by atoms with van der Waals surface area (Å²) in [7, 11) is 0. The van der Waals surface area contributed by atoms with Crippen LogP contribution in [0.3, 0.4) is 0 Å². The van der Waals surface area contributed by atoms with E-state index in [2.05, 4.69) is 15.5 Å². The lowest BCUT2D eigenvalue weighted by Crippen LogP contribution is -2.39. The third-order valence-electron chi connectivity index (χ3n) is 5.08. The van der Waals surface area contributed by atoms with Gasteiger partial charge in [-0.05, 0) is 62.6 Å². The summed E-state index contributed by atoms with van der Waals surface area (Å²) >= 11 is 7.08. The lowest BCUT2D eigenvalue weighted by atomic mass is 9.97. The molecule has 3 aromatic rings. The largest absolute Gasteiger partial charge is 0.482 e. The minimum Gasteiger partial charge on any atom is -0.482 e. The van der Waals surface area contributed by atoms with Crippen molar-refractivity contribution in [1.82, 2.24) is 15.1 Å². The molecule has 1 N–H and O–H groups in total. The van der Waals surface area contributed by atoms with Crippen LogP contribution in [0.15, 0.2) is 36.4 Å². The number of halogens is 2. The fraction of sp³-hybridized carbons (Fsp3) is 0.333. The molecule has 1 aromatic heterocycles. The Morgan fingerprint density at radius 3 is 2.74 bits per heavy atom. The van der Waals surface area contributed by atoms with E-state index >= 15 is 0 Å². The van der Waals surface area contributed by atoms with Crippen LogP contribution in [0.25, 0.3) is 0 Å². The molecule has 0 saturated carbocycles. The Morgan fingerprint density at radius 2 is 2.00 bits per heavy atom. The molecule has 1 aliphatic heterocycles. The zero-order chi connectivity index (χ0) is 25.2. The van der Waals surface area contributed by atoms with Gasteiger partial charge in [0.15, 0.2) is 16.6 Å². The maximum atomic E-state index is 13.8. The van der Waals surface area contributed by atoms with Gasteiger partial charge in [-0.2, -0.15) is 0 Å². The molecular weight excluding hydrogens is 495 g/mol. The predicted octanol–water partition coefficient (Wildman–Crippen LogP) is 5.46. The van der Waals surface area contributed by atoms with Gasteiger partial charge in [-0.1, -0.05) is 35.1 Å². The highest BCUT2D eigenvalue weighted by Gasteiger charge is 2.26. The molecule has 4 rings (SSSR count). The lowest BCUT2D eigenvalue weighted by Gasteiger charge is -2.31. The Bertz CT molecular complexity index is 1240. The zero-order valence-electron chi connectivity index (χ0n) is 19.4. The monoisotopic (exact) mass is 518 g/mol. The number of fused-ring (bicyclic) bond motifs is 1. The number of benzene rings is 2. The molecule has 184 valence electrons. The van der Waals surface area contributed by atoms with Gasteiger partial charge in [0.2, 0.25) is 5.13 Å². The van der Waals surface area contributed by atoms with Crippen molar-refractivity contribution in [2.45, 2.75) is 45.9 Å². The van der Waals surface area contributed by atoms with E-state index < -0.39 is 11.4 Å². The van der Waals surface area contributed by atoms with Gasteiger partial charge in [-0.25, -0.2) is 9.18 Å². The number of hydrogen-bond acceptors (Lipinski definition) is 7. The number of aromatic nitrogens is 2. The number of carbonyl (C=O) groups is 2. The van der Waals surface area contributed by atoms with E-state index in [0.717, 1.165) is 22.5 Å². The Hall–Kier alpha value is -3.24. The highest BCUT2D eigenvalue weighted by molar-refractivity contribution is 7.15. The molecule has 0 spiro atoms. The lowest BCUT2D eigenvalue weighted by molar-refractivity contribution is 0.0224. The average Bonchev–Trinajstić information content (AvgIpc) is 3.24. The third-order valence-corrected chi connectivity index (χ3v) is 6.19. The van der Waals surface area contributed by atoms with Crippen molar-refractivity contribution in [2.75, 3.05) is 11.9 Å². The normalized spacial score (nSPS) is 13.2. The van der Waals surface area contributed by atoms with Gasteiger partial charge >= 0.3 is 6.09 Å². The molecule has 0 atom stereocenters. The molecule has 2 heterocycles. The quantitative estimate of drug-likeness (QED) is 0.482. The van der Waals surface area contributed by atoms with Crippen molar-refractivity contribution in [1.29, 1.82) is 0 Å². The summed E-state index contributed by atoms with van der Waals surface area (Å²) in [6.45, 7) is 6.40. The van der Waals surface area contributed by atoms with Gasteiger partial charge in [-0.3, -0.25) is 10.1 Å². The summed E-state index contributed by atoms with van der Waals surface area (Å²) in [4.78, 5) is 26.8. The van der Waals surface area contributed by atoms with Crippen molar-refractivity contribution >= 4 is 40.1 Å². The molecule has 0 radical (unpaired) electrons. The van der Waals surface area contributed by atoms with Gasteiger partial charge < -0.3 is 14.4 Å². The topological polar surface area (TPSA) is 93.7 Å². The standard InChI is InChI=1S/C24H24ClFN4O4S/c1-24(2,3)34-23(32)30-10-9-14-11-15(7-8-16(14)12-30)21(31)27-22-29-28-19(35-22)13-33-20-17(25)5-4-6-18(20)26/h4-8,11H,9-10,12-13H2,1-3H3,(H,27,29,31). The van der Waals surface area contributed by atoms with Crippen LogP contribution in [0.2, 0.25) is 5.02 Å². The summed E-state index contributed by atoms with van der Waals surface area (Å²) in [5.41, 5.74) is 1.90. The molecule has 8 nitrogen and oxygen atoms in total. The number of hydrogen-bond donors (Lipinski definition) is 1. The van der Waals surface area contributed by atoms with E-state index in [9.17, 15) is 14.0 Å². The summed E-state index contributed by atoms with van der Waals surface area (Å²) in [6.07, 6.45) is 0.271. The van der Waals surface area contributed by atoms with Gasteiger partial charge in [0.1, 0.15) is 12.2 Å². The number of rotatable bonds is 5. The SMILES string of the molecule is CC(C)(C)OC(=O)N1CCc2cc(C(=O)Nc3nnc(COc4c(F)cccc4Cl)s3)ccc2C1.